The molecule has 1 N–H and O–H groups in total. The molecular weight excluding hydrogens is 336 g/mol. The molecule has 0 bridgehead atoms. The average molecular weight is 362 g/mol. The second kappa shape index (κ2) is 8.16. The van der Waals surface area contributed by atoms with E-state index in [2.05, 4.69) is 60.4 Å². The number of aromatic nitrogens is 3. The standard InChI is InChI=1S/C22H26N4O/c1-15(2)20(21-23-14-24-26(21)4)25-22(27)19-8-6-5-7-18(19)13-17-11-9-16(3)10-12-17/h5-12,14-15,20H,13H2,1-4H3,(H,25,27)/t20-/m1/s1. The number of benzene rings is 2. The largest absolute Gasteiger partial charge is 0.342 e. The zero-order valence-electron chi connectivity index (χ0n) is 16.3. The molecule has 3 rings (SSSR count). The molecule has 5 nitrogen and oxygen atoms in total. The Kier molecular flexibility index (Phi) is 5.69. The quantitative estimate of drug-likeness (QED) is 0.725. The van der Waals surface area contributed by atoms with Crippen LogP contribution in [0.2, 0.25) is 0 Å². The maximum absolute atomic E-state index is 13.1. The molecule has 0 fully saturated rings. The third-order valence-corrected chi connectivity index (χ3v) is 4.76. The minimum absolute atomic E-state index is 0.0839. The normalized spacial score (nSPS) is 12.2. The van der Waals surface area contributed by atoms with Crippen LogP contribution in [-0.2, 0) is 13.5 Å². The molecule has 0 saturated heterocycles. The van der Waals surface area contributed by atoms with Crippen molar-refractivity contribution in [2.75, 3.05) is 0 Å². The van der Waals surface area contributed by atoms with Crippen molar-refractivity contribution in [2.24, 2.45) is 13.0 Å². The summed E-state index contributed by atoms with van der Waals surface area (Å²) >= 11 is 0. The van der Waals surface area contributed by atoms with Crippen molar-refractivity contribution >= 4 is 5.91 Å². The molecule has 27 heavy (non-hydrogen) atoms. The molecule has 0 aliphatic rings. The predicted octanol–water partition coefficient (Wildman–Crippen LogP) is 3.84. The molecule has 1 amide bonds. The van der Waals surface area contributed by atoms with Gasteiger partial charge in [-0.1, -0.05) is 61.9 Å². The molecule has 1 aromatic heterocycles. The maximum atomic E-state index is 13.1. The Morgan fingerprint density at radius 2 is 1.81 bits per heavy atom. The molecule has 140 valence electrons. The van der Waals surface area contributed by atoms with E-state index in [4.69, 9.17) is 0 Å². The summed E-state index contributed by atoms with van der Waals surface area (Å²) in [5.41, 5.74) is 4.13. The van der Waals surface area contributed by atoms with Gasteiger partial charge in [0, 0.05) is 12.6 Å². The van der Waals surface area contributed by atoms with E-state index in [1.54, 1.807) is 4.68 Å². The van der Waals surface area contributed by atoms with E-state index < -0.39 is 0 Å². The van der Waals surface area contributed by atoms with Crippen LogP contribution in [0.5, 0.6) is 0 Å². The van der Waals surface area contributed by atoms with Crippen molar-refractivity contribution in [3.8, 4) is 0 Å². The van der Waals surface area contributed by atoms with Crippen molar-refractivity contribution in [1.82, 2.24) is 20.1 Å². The molecule has 2 aromatic carbocycles. The molecule has 0 spiro atoms. The molecule has 0 saturated carbocycles. The van der Waals surface area contributed by atoms with Crippen LogP contribution in [0.4, 0.5) is 0 Å². The first kappa shape index (κ1) is 18.8. The van der Waals surface area contributed by atoms with Gasteiger partial charge in [0.25, 0.3) is 5.91 Å². The van der Waals surface area contributed by atoms with E-state index in [0.29, 0.717) is 5.56 Å². The summed E-state index contributed by atoms with van der Waals surface area (Å²) in [4.78, 5) is 17.4. The lowest BCUT2D eigenvalue weighted by atomic mass is 9.97. The van der Waals surface area contributed by atoms with Crippen molar-refractivity contribution in [3.05, 3.63) is 82.9 Å². The van der Waals surface area contributed by atoms with Crippen LogP contribution in [0.1, 0.15) is 52.8 Å². The summed E-state index contributed by atoms with van der Waals surface area (Å²) in [6.07, 6.45) is 2.24. The summed E-state index contributed by atoms with van der Waals surface area (Å²) in [7, 11) is 1.84. The van der Waals surface area contributed by atoms with E-state index in [-0.39, 0.29) is 17.9 Å². The monoisotopic (exact) mass is 362 g/mol. The lowest BCUT2D eigenvalue weighted by molar-refractivity contribution is 0.0921. The van der Waals surface area contributed by atoms with E-state index in [1.807, 2.05) is 31.3 Å². The van der Waals surface area contributed by atoms with Crippen LogP contribution in [0.15, 0.2) is 54.9 Å². The number of hydrogen-bond acceptors (Lipinski definition) is 3. The molecule has 1 heterocycles. The summed E-state index contributed by atoms with van der Waals surface area (Å²) in [6, 6.07) is 16.0. The van der Waals surface area contributed by atoms with Crippen molar-refractivity contribution in [3.63, 3.8) is 0 Å². The molecule has 1 atom stereocenters. The van der Waals surface area contributed by atoms with E-state index >= 15 is 0 Å². The lowest BCUT2D eigenvalue weighted by Crippen LogP contribution is -2.34. The summed E-state index contributed by atoms with van der Waals surface area (Å²) in [5.74, 6) is 0.870. The molecule has 0 radical (unpaired) electrons. The van der Waals surface area contributed by atoms with Crippen LogP contribution in [0, 0.1) is 12.8 Å². The minimum Gasteiger partial charge on any atom is -0.342 e. The van der Waals surface area contributed by atoms with Crippen molar-refractivity contribution in [1.29, 1.82) is 0 Å². The fourth-order valence-electron chi connectivity index (χ4n) is 3.16. The van der Waals surface area contributed by atoms with Gasteiger partial charge in [0.1, 0.15) is 12.2 Å². The van der Waals surface area contributed by atoms with Gasteiger partial charge >= 0.3 is 0 Å². The fourth-order valence-corrected chi connectivity index (χ4v) is 3.16. The number of amides is 1. The highest BCUT2D eigenvalue weighted by Crippen LogP contribution is 2.21. The zero-order chi connectivity index (χ0) is 19.4. The van der Waals surface area contributed by atoms with Crippen LogP contribution < -0.4 is 5.32 Å². The number of nitrogens with one attached hydrogen (secondary N) is 1. The summed E-state index contributed by atoms with van der Waals surface area (Å²) < 4.78 is 1.71. The third-order valence-electron chi connectivity index (χ3n) is 4.76. The topological polar surface area (TPSA) is 59.8 Å². The highest BCUT2D eigenvalue weighted by Gasteiger charge is 2.24. The molecule has 0 aliphatic carbocycles. The first-order chi connectivity index (χ1) is 13.0. The van der Waals surface area contributed by atoms with Gasteiger partial charge in [-0.25, -0.2) is 4.98 Å². The Hall–Kier alpha value is -2.95. The van der Waals surface area contributed by atoms with Crippen LogP contribution in [-0.4, -0.2) is 20.7 Å². The number of carbonyl (C=O) groups is 1. The second-order valence-corrected chi connectivity index (χ2v) is 7.26. The van der Waals surface area contributed by atoms with Gasteiger partial charge in [-0.05, 0) is 36.5 Å². The van der Waals surface area contributed by atoms with Crippen molar-refractivity contribution < 1.29 is 4.79 Å². The van der Waals surface area contributed by atoms with Gasteiger partial charge in [0.2, 0.25) is 0 Å². The molecule has 0 unspecified atom stereocenters. The number of aryl methyl sites for hydroxylation is 2. The van der Waals surface area contributed by atoms with Crippen LogP contribution in [0.25, 0.3) is 0 Å². The highest BCUT2D eigenvalue weighted by atomic mass is 16.1. The summed E-state index contributed by atoms with van der Waals surface area (Å²) in [5, 5.41) is 7.28. The Bertz CT molecular complexity index is 912. The Morgan fingerprint density at radius 3 is 2.44 bits per heavy atom. The van der Waals surface area contributed by atoms with E-state index in [9.17, 15) is 4.79 Å². The van der Waals surface area contributed by atoms with Crippen molar-refractivity contribution in [2.45, 2.75) is 33.2 Å². The Labute approximate surface area is 160 Å². The number of hydrogen-bond donors (Lipinski definition) is 1. The lowest BCUT2D eigenvalue weighted by Gasteiger charge is -2.22. The minimum atomic E-state index is -0.197. The molecule has 3 aromatic rings. The maximum Gasteiger partial charge on any atom is 0.252 e. The number of carbonyl (C=O) groups excluding carboxylic acids is 1. The molecular formula is C22H26N4O. The molecule has 0 aliphatic heterocycles. The van der Waals surface area contributed by atoms with Gasteiger partial charge < -0.3 is 5.32 Å². The smallest absolute Gasteiger partial charge is 0.252 e. The van der Waals surface area contributed by atoms with Gasteiger partial charge in [-0.2, -0.15) is 5.10 Å². The third kappa shape index (κ3) is 4.42. The predicted molar refractivity (Wildman–Crippen MR) is 106 cm³/mol. The van der Waals surface area contributed by atoms with Gasteiger partial charge in [-0.3, -0.25) is 9.48 Å². The number of rotatable bonds is 6. The molecule has 5 heteroatoms. The first-order valence-corrected chi connectivity index (χ1v) is 9.24. The van der Waals surface area contributed by atoms with E-state index in [0.717, 1.165) is 17.8 Å². The fraction of sp³-hybridized carbons (Fsp3) is 0.318. The number of nitrogens with zero attached hydrogens (tertiary/aromatic N) is 3. The first-order valence-electron chi connectivity index (χ1n) is 9.24. The van der Waals surface area contributed by atoms with Gasteiger partial charge in [-0.15, -0.1) is 0 Å². The highest BCUT2D eigenvalue weighted by molar-refractivity contribution is 5.96. The van der Waals surface area contributed by atoms with E-state index in [1.165, 1.54) is 17.5 Å². The van der Waals surface area contributed by atoms with Gasteiger partial charge in [0.15, 0.2) is 0 Å². The van der Waals surface area contributed by atoms with Gasteiger partial charge in [0.05, 0.1) is 6.04 Å². The van der Waals surface area contributed by atoms with Crippen LogP contribution in [0.3, 0.4) is 0 Å². The summed E-state index contributed by atoms with van der Waals surface area (Å²) in [6.45, 7) is 6.21. The van der Waals surface area contributed by atoms with Crippen LogP contribution >= 0.6 is 0 Å². The zero-order valence-corrected chi connectivity index (χ0v) is 16.3. The average Bonchev–Trinajstić information content (AvgIpc) is 3.07. The SMILES string of the molecule is Cc1ccc(Cc2ccccc2C(=O)N[C@@H](c2ncnn2C)C(C)C)cc1. The Balaban J connectivity index is 1.84. The Morgan fingerprint density at radius 1 is 1.11 bits per heavy atom. The second-order valence-electron chi connectivity index (χ2n) is 7.26.